The minimum absolute atomic E-state index is 0.0394. The van der Waals surface area contributed by atoms with Crippen molar-refractivity contribution in [3.63, 3.8) is 0 Å². The van der Waals surface area contributed by atoms with Crippen LogP contribution in [0.5, 0.6) is 5.75 Å². The molecule has 0 bridgehead atoms. The van der Waals surface area contributed by atoms with Crippen molar-refractivity contribution in [2.45, 2.75) is 59.9 Å². The number of hydrogen-bond acceptors (Lipinski definition) is 6. The summed E-state index contributed by atoms with van der Waals surface area (Å²) in [5.41, 5.74) is 3.98. The predicted octanol–water partition coefficient (Wildman–Crippen LogP) is 6.22. The molecule has 0 aliphatic carbocycles. The minimum Gasteiger partial charge on any atom is -0.497 e. The number of carbonyl (C=O) groups is 1. The van der Waals surface area contributed by atoms with Gasteiger partial charge in [-0.15, -0.1) is 36.0 Å². The summed E-state index contributed by atoms with van der Waals surface area (Å²) in [6, 6.07) is 14.0. The van der Waals surface area contributed by atoms with E-state index in [1.54, 1.807) is 7.11 Å². The number of rotatable bonds is 3. The highest BCUT2D eigenvalue weighted by Gasteiger charge is 2.22. The van der Waals surface area contributed by atoms with Gasteiger partial charge in [-0.2, -0.15) is 0 Å². The monoisotopic (exact) mass is 511 g/mol. The number of carbonyl (C=O) groups excluding carboxylic acids is 1. The highest BCUT2D eigenvalue weighted by molar-refractivity contribution is 7.80. The quantitative estimate of drug-likeness (QED) is 0.323. The van der Waals surface area contributed by atoms with Crippen molar-refractivity contribution in [1.29, 1.82) is 0 Å². The third kappa shape index (κ3) is 9.00. The Labute approximate surface area is 222 Å². The highest BCUT2D eigenvalue weighted by Crippen LogP contribution is 2.29. The van der Waals surface area contributed by atoms with E-state index in [0.29, 0.717) is 6.54 Å². The van der Waals surface area contributed by atoms with Crippen LogP contribution in [-0.4, -0.2) is 40.0 Å². The third-order valence-electron chi connectivity index (χ3n) is 4.54. The van der Waals surface area contributed by atoms with Crippen LogP contribution in [0.1, 0.15) is 64.3 Å². The molecule has 0 atom stereocenters. The lowest BCUT2D eigenvalue weighted by atomic mass is 10.00. The van der Waals surface area contributed by atoms with Gasteiger partial charge in [-0.25, -0.2) is 0 Å². The Kier molecular flexibility index (Phi) is 16.3. The van der Waals surface area contributed by atoms with Crippen molar-refractivity contribution in [2.75, 3.05) is 13.7 Å². The summed E-state index contributed by atoms with van der Waals surface area (Å²) < 4.78 is 7.47. The second kappa shape index (κ2) is 18.0. The van der Waals surface area contributed by atoms with Gasteiger partial charge in [0.25, 0.3) is 0 Å². The predicted molar refractivity (Wildman–Crippen MR) is 154 cm³/mol. The number of fused-ring (bicyclic) bond motifs is 3. The van der Waals surface area contributed by atoms with Crippen molar-refractivity contribution in [3.05, 3.63) is 78.4 Å². The average molecular weight is 512 g/mol. The summed E-state index contributed by atoms with van der Waals surface area (Å²) in [5.74, 6) is 2.51. The van der Waals surface area contributed by atoms with Crippen molar-refractivity contribution in [2.24, 2.45) is 4.99 Å². The molecule has 8 heteroatoms. The Hall–Kier alpha value is -3.39. The molecular weight excluding hydrogens is 470 g/mol. The number of aliphatic imine (C=N–C) groups is 1. The lowest BCUT2D eigenvalue weighted by molar-refractivity contribution is -0.118. The zero-order valence-electron chi connectivity index (χ0n) is 22.9. The zero-order valence-corrected chi connectivity index (χ0v) is 23.8. The van der Waals surface area contributed by atoms with Crippen LogP contribution in [0.3, 0.4) is 0 Å². The molecule has 0 saturated carbocycles. The molecule has 1 N–H and O–H groups in total. The first-order chi connectivity index (χ1) is 17.4. The first kappa shape index (κ1) is 32.6. The van der Waals surface area contributed by atoms with Crippen LogP contribution in [0.2, 0.25) is 0 Å². The van der Waals surface area contributed by atoms with Crippen LogP contribution in [0.4, 0.5) is 0 Å². The Balaban J connectivity index is 0.000000877. The molecule has 0 fully saturated rings. The summed E-state index contributed by atoms with van der Waals surface area (Å²) in [6.45, 7) is 20.6. The SMILES string of the molecule is C=C.CC.CC.CCNC(C)=O.COc1ccc2c(c1)C(c1ccc(S)cc1)=NCc1nnc(C)n1-2. The molecule has 36 heavy (non-hydrogen) atoms. The molecule has 7 nitrogen and oxygen atoms in total. The fourth-order valence-electron chi connectivity index (χ4n) is 3.20. The molecule has 0 unspecified atom stereocenters. The number of aromatic nitrogens is 3. The molecule has 1 amide bonds. The highest BCUT2D eigenvalue weighted by atomic mass is 32.1. The van der Waals surface area contributed by atoms with Gasteiger partial charge in [-0.1, -0.05) is 39.8 Å². The molecule has 1 aliphatic heterocycles. The second-order valence-corrected chi connectivity index (χ2v) is 7.20. The summed E-state index contributed by atoms with van der Waals surface area (Å²) >= 11 is 4.37. The number of amides is 1. The number of ether oxygens (including phenoxy) is 1. The smallest absolute Gasteiger partial charge is 0.216 e. The zero-order chi connectivity index (χ0) is 27.7. The van der Waals surface area contributed by atoms with Crippen molar-refractivity contribution in [3.8, 4) is 11.4 Å². The topological polar surface area (TPSA) is 81.4 Å². The maximum absolute atomic E-state index is 9.93. The van der Waals surface area contributed by atoms with Gasteiger partial charge in [-0.05, 0) is 44.2 Å². The van der Waals surface area contributed by atoms with Gasteiger partial charge in [-0.3, -0.25) is 14.4 Å². The molecular formula is C28H41N5O2S. The average Bonchev–Trinajstić information content (AvgIpc) is 3.20. The molecule has 196 valence electrons. The van der Waals surface area contributed by atoms with E-state index in [0.717, 1.165) is 51.4 Å². The standard InChI is InChI=1S/C18H16N4OS.C4H9NO.2C2H6.C2H4/c1-11-20-21-17-10-19-18(12-3-6-14(24)7-4-12)15-9-13(23-2)5-8-16(15)22(11)17;1-3-5-4(2)6;3*1-2/h3-9,24H,10H2,1-2H3;3H2,1-2H3,(H,5,6);2*1-2H3;1-2H2. The van der Waals surface area contributed by atoms with E-state index in [1.165, 1.54) is 6.92 Å². The summed E-state index contributed by atoms with van der Waals surface area (Å²) in [5, 5.41) is 11.0. The van der Waals surface area contributed by atoms with Gasteiger partial charge in [0.15, 0.2) is 5.82 Å². The first-order valence-electron chi connectivity index (χ1n) is 12.1. The number of nitrogens with one attached hydrogen (secondary N) is 1. The van der Waals surface area contributed by atoms with Gasteiger partial charge < -0.3 is 10.1 Å². The molecule has 0 saturated heterocycles. The molecule has 2 aromatic carbocycles. The Bertz CT molecular complexity index is 1090. The molecule has 3 aromatic rings. The lowest BCUT2D eigenvalue weighted by Crippen LogP contribution is -2.18. The third-order valence-corrected chi connectivity index (χ3v) is 4.83. The van der Waals surface area contributed by atoms with Gasteiger partial charge in [0, 0.05) is 29.5 Å². The van der Waals surface area contributed by atoms with Crippen LogP contribution in [0.15, 0.2) is 65.5 Å². The van der Waals surface area contributed by atoms with E-state index < -0.39 is 0 Å². The lowest BCUT2D eigenvalue weighted by Gasteiger charge is -2.14. The van der Waals surface area contributed by atoms with E-state index in [4.69, 9.17) is 9.73 Å². The van der Waals surface area contributed by atoms with Crippen LogP contribution >= 0.6 is 12.6 Å². The summed E-state index contributed by atoms with van der Waals surface area (Å²) in [7, 11) is 1.67. The van der Waals surface area contributed by atoms with Crippen molar-refractivity contribution < 1.29 is 9.53 Å². The van der Waals surface area contributed by atoms with Crippen LogP contribution in [0, 0.1) is 6.92 Å². The molecule has 0 radical (unpaired) electrons. The Morgan fingerprint density at radius 2 is 1.69 bits per heavy atom. The largest absolute Gasteiger partial charge is 0.497 e. The number of nitrogens with zero attached hydrogens (tertiary/aromatic N) is 4. The minimum atomic E-state index is 0.0394. The van der Waals surface area contributed by atoms with Gasteiger partial charge in [0.1, 0.15) is 18.1 Å². The van der Waals surface area contributed by atoms with Gasteiger partial charge in [0.2, 0.25) is 5.91 Å². The molecule has 1 aromatic heterocycles. The number of benzene rings is 2. The fraction of sp³-hybridized carbons (Fsp3) is 0.357. The maximum atomic E-state index is 9.93. The molecule has 1 aliphatic rings. The van der Waals surface area contributed by atoms with E-state index in [9.17, 15) is 4.79 Å². The van der Waals surface area contributed by atoms with Crippen LogP contribution < -0.4 is 10.1 Å². The molecule has 0 spiro atoms. The number of hydrogen-bond donors (Lipinski definition) is 2. The summed E-state index contributed by atoms with van der Waals surface area (Å²) in [6.07, 6.45) is 0. The summed E-state index contributed by atoms with van der Waals surface area (Å²) in [4.78, 5) is 15.7. The van der Waals surface area contributed by atoms with Gasteiger partial charge >= 0.3 is 0 Å². The normalized spacial score (nSPS) is 10.3. The van der Waals surface area contributed by atoms with Gasteiger partial charge in [0.05, 0.1) is 18.5 Å². The molecule has 2 heterocycles. The Morgan fingerprint density at radius 1 is 1.08 bits per heavy atom. The van der Waals surface area contributed by atoms with E-state index >= 15 is 0 Å². The van der Waals surface area contributed by atoms with Crippen LogP contribution in [0.25, 0.3) is 5.69 Å². The molecule has 4 rings (SSSR count). The number of methoxy groups -OCH3 is 1. The van der Waals surface area contributed by atoms with Crippen molar-refractivity contribution in [1.82, 2.24) is 20.1 Å². The van der Waals surface area contributed by atoms with Crippen LogP contribution in [-0.2, 0) is 11.3 Å². The Morgan fingerprint density at radius 3 is 2.19 bits per heavy atom. The number of thiol groups is 1. The second-order valence-electron chi connectivity index (χ2n) is 6.68. The van der Waals surface area contributed by atoms with E-state index in [1.807, 2.05) is 84.0 Å². The van der Waals surface area contributed by atoms with E-state index in [-0.39, 0.29) is 5.91 Å². The maximum Gasteiger partial charge on any atom is 0.216 e. The fourth-order valence-corrected chi connectivity index (χ4v) is 3.35. The first-order valence-corrected chi connectivity index (χ1v) is 12.6. The number of aryl methyl sites for hydroxylation is 1. The van der Waals surface area contributed by atoms with Crippen molar-refractivity contribution >= 4 is 24.2 Å². The van der Waals surface area contributed by atoms with E-state index in [2.05, 4.69) is 45.9 Å².